The molecule has 6 aliphatic carbocycles. The molecule has 9 aromatic rings. The molecule has 6 heteroatoms. The first kappa shape index (κ1) is 37.2. The van der Waals surface area contributed by atoms with E-state index < -0.39 is 10.1 Å². The Kier molecular flexibility index (Phi) is 5.98. The van der Waals surface area contributed by atoms with Gasteiger partial charge in [-0.15, -0.1) is 0 Å². The summed E-state index contributed by atoms with van der Waals surface area (Å²) in [6, 6.07) is 0. The van der Waals surface area contributed by atoms with Crippen LogP contribution in [0.2, 0.25) is 0 Å². The molecule has 0 fully saturated rings. The first-order chi connectivity index (χ1) is 30.7. The molecule has 15 rings (SSSR count). The Morgan fingerprint density at radius 1 is 0.446 bits per heavy atom. The minimum atomic E-state index is -4.82. The van der Waals surface area contributed by atoms with Crippen molar-refractivity contribution in [3.63, 3.8) is 0 Å². The highest BCUT2D eigenvalue weighted by Crippen LogP contribution is 2.68. The van der Waals surface area contributed by atoms with Crippen molar-refractivity contribution in [3.05, 3.63) is 117 Å². The molecule has 0 heterocycles. The minimum absolute atomic E-state index is 0.00854. The highest BCUT2D eigenvalue weighted by atomic mass is 32.2. The molecule has 9 aromatic carbocycles. The third-order valence-electron chi connectivity index (χ3n) is 19.0. The van der Waals surface area contributed by atoms with Gasteiger partial charge in [-0.25, -0.2) is 0 Å². The topological polar surface area (TPSA) is 91.7 Å². The molecule has 0 aromatic heterocycles. The molecule has 6 aliphatic rings. The number of phenolic OH excluding ortho intramolecular Hbond substituents is 1. The second kappa shape index (κ2) is 10.5. The van der Waals surface area contributed by atoms with Crippen LogP contribution in [0.15, 0.2) is 56.1 Å². The number of phenols is 1. The molecule has 5 nitrogen and oxygen atoms in total. The number of hydrogen-bond donors (Lipinski definition) is 2. The molecule has 0 bridgehead atoms. The molecule has 0 saturated carbocycles. The SMILES string of the molecule is CC1=C(C)C2=C(C)c3c(C)c4c(S(=O)(=O)O)c5c(C)c(C)c(C)c6c(C)c7c(O)c(C)c8c(C)c9c(C)c%10c%11c%12c(c3c3c4c(c65)c7c8c3c9%12)C2C2=C1C(C)C1=CC(=O)C=C(C=%10C)C1C=%112. The van der Waals surface area contributed by atoms with Gasteiger partial charge in [-0.2, -0.15) is 8.42 Å². The summed E-state index contributed by atoms with van der Waals surface area (Å²) >= 11 is 0. The summed E-state index contributed by atoms with van der Waals surface area (Å²) in [7, 11) is -4.82. The Morgan fingerprint density at radius 2 is 0.969 bits per heavy atom. The van der Waals surface area contributed by atoms with E-state index in [4.69, 9.17) is 0 Å². The Bertz CT molecular complexity index is 4570. The lowest BCUT2D eigenvalue weighted by Crippen LogP contribution is -2.47. The zero-order valence-electron chi connectivity index (χ0n) is 38.9. The van der Waals surface area contributed by atoms with Crippen molar-refractivity contribution in [2.45, 2.75) is 101 Å². The highest BCUT2D eigenvalue weighted by Gasteiger charge is 2.52. The lowest BCUT2D eigenvalue weighted by atomic mass is 9.52. The van der Waals surface area contributed by atoms with Gasteiger partial charge in [0.15, 0.2) is 5.78 Å². The van der Waals surface area contributed by atoms with E-state index in [1.54, 1.807) is 0 Å². The molecule has 0 spiro atoms. The third-order valence-corrected chi connectivity index (χ3v) is 19.9. The number of carbonyl (C=O) groups is 1. The molecule has 318 valence electrons. The van der Waals surface area contributed by atoms with Gasteiger partial charge in [0, 0.05) is 50.1 Å². The number of carbonyl (C=O) groups excluding carboxylic acids is 1. The van der Waals surface area contributed by atoms with E-state index in [-0.39, 0.29) is 34.2 Å². The summed E-state index contributed by atoms with van der Waals surface area (Å²) in [6.07, 6.45) is 3.85. The van der Waals surface area contributed by atoms with Crippen LogP contribution in [0.5, 0.6) is 5.75 Å². The molecule has 2 N–H and O–H groups in total. The fourth-order valence-corrected chi connectivity index (χ4v) is 17.6. The van der Waals surface area contributed by atoms with E-state index in [0.717, 1.165) is 120 Å². The largest absolute Gasteiger partial charge is 0.507 e. The van der Waals surface area contributed by atoms with Crippen molar-refractivity contribution in [2.75, 3.05) is 0 Å². The summed E-state index contributed by atoms with van der Waals surface area (Å²) in [5, 5.41) is 31.2. The number of hydrogen-bond acceptors (Lipinski definition) is 4. The lowest BCUT2D eigenvalue weighted by molar-refractivity contribution is -0.110. The van der Waals surface area contributed by atoms with Crippen LogP contribution in [0.4, 0.5) is 0 Å². The number of ketones is 1. The maximum atomic E-state index is 14.6. The van der Waals surface area contributed by atoms with Crippen molar-refractivity contribution in [1.29, 1.82) is 0 Å². The molecular weight excluding hydrogens is 821 g/mol. The Morgan fingerprint density at radius 3 is 1.66 bits per heavy atom. The summed E-state index contributed by atoms with van der Waals surface area (Å²) in [5.74, 6) is 0.277. The molecule has 3 atom stereocenters. The van der Waals surface area contributed by atoms with Crippen LogP contribution in [-0.4, -0.2) is 23.9 Å². The fraction of sp³-hybridized carbons (Fsp3) is 0.271. The summed E-state index contributed by atoms with van der Waals surface area (Å²) < 4.78 is 41.0. The van der Waals surface area contributed by atoms with Crippen LogP contribution in [0.1, 0.15) is 96.2 Å². The first-order valence-corrected chi connectivity index (χ1v) is 24.6. The van der Waals surface area contributed by atoms with Gasteiger partial charge >= 0.3 is 0 Å². The molecule has 0 aliphatic heterocycles. The van der Waals surface area contributed by atoms with Crippen LogP contribution >= 0.6 is 0 Å². The van der Waals surface area contributed by atoms with Gasteiger partial charge in [0.2, 0.25) is 0 Å². The van der Waals surface area contributed by atoms with E-state index in [2.05, 4.69) is 83.1 Å². The quantitative estimate of drug-likeness (QED) is 0.0974. The third kappa shape index (κ3) is 3.37. The van der Waals surface area contributed by atoms with E-state index in [1.165, 1.54) is 76.7 Å². The number of rotatable bonds is 1. The number of aromatic hydroxyl groups is 1. The van der Waals surface area contributed by atoms with Crippen LogP contribution in [0.25, 0.3) is 103 Å². The van der Waals surface area contributed by atoms with Gasteiger partial charge in [0.25, 0.3) is 10.1 Å². The normalized spacial score (nSPS) is 21.4. The van der Waals surface area contributed by atoms with Gasteiger partial charge in [0.1, 0.15) is 10.6 Å². The molecular formula is C59H46O5S. The van der Waals surface area contributed by atoms with Gasteiger partial charge in [-0.05, 0) is 271 Å². The Labute approximate surface area is 375 Å². The average molecular weight is 867 g/mol. The van der Waals surface area contributed by atoms with Crippen LogP contribution in [0.3, 0.4) is 0 Å². The van der Waals surface area contributed by atoms with E-state index >= 15 is 0 Å². The predicted octanol–water partition coefficient (Wildman–Crippen LogP) is 12.7. The van der Waals surface area contributed by atoms with Crippen molar-refractivity contribution in [2.24, 2.45) is 11.8 Å². The zero-order valence-corrected chi connectivity index (χ0v) is 39.7. The monoisotopic (exact) mass is 866 g/mol. The Hall–Kier alpha value is -6.08. The average Bonchev–Trinajstić information content (AvgIpc) is 3.24. The standard InChI is InChI=1S/C59H46O5S/c1-16-17(2)33-26(11)39-50-49-38(28(13)58(39)61)25(10)36-24(9)35-22(7)31-15-29(60)14-30-21(6)32-19(4)20(5)34-23(8)37-27(12)41-51(53(50)43(33)40(18(16)3)59(41)65(62,63)64)57-48(37)54-45(34)44(32)52(42(30)31)46(35)55(54)47(36)56(49)57/h14-15,21,42,45,61H,1-13H3,(H,62,63,64). The number of aryl methyl sites for hydroxylation is 7. The van der Waals surface area contributed by atoms with Crippen molar-refractivity contribution in [3.8, 4) is 5.75 Å². The molecule has 0 radical (unpaired) electrons. The second-order valence-corrected chi connectivity index (χ2v) is 22.4. The maximum Gasteiger partial charge on any atom is 0.295 e. The Balaban J connectivity index is 1.43. The zero-order chi connectivity index (χ0) is 45.3. The summed E-state index contributed by atoms with van der Waals surface area (Å²) in [5.41, 5.74) is 22.7. The molecule has 65 heavy (non-hydrogen) atoms. The summed E-state index contributed by atoms with van der Waals surface area (Å²) in [4.78, 5) is 13.8. The fourth-order valence-electron chi connectivity index (χ4n) is 16.5. The van der Waals surface area contributed by atoms with Crippen molar-refractivity contribution in [1.82, 2.24) is 0 Å². The summed E-state index contributed by atoms with van der Waals surface area (Å²) in [6.45, 7) is 28.3. The van der Waals surface area contributed by atoms with Gasteiger partial charge in [-0.1, -0.05) is 6.92 Å². The van der Waals surface area contributed by atoms with E-state index in [0.29, 0.717) is 10.8 Å². The molecule has 0 saturated heterocycles. The first-order valence-electron chi connectivity index (χ1n) is 23.2. The maximum absolute atomic E-state index is 14.6. The van der Waals surface area contributed by atoms with Crippen molar-refractivity contribution < 1.29 is 22.9 Å². The smallest absolute Gasteiger partial charge is 0.295 e. The lowest BCUT2D eigenvalue weighted by Gasteiger charge is -2.51. The highest BCUT2D eigenvalue weighted by molar-refractivity contribution is 7.86. The number of benzene rings is 9. The van der Waals surface area contributed by atoms with Crippen LogP contribution in [0, 0.1) is 67.2 Å². The predicted molar refractivity (Wildman–Crippen MR) is 267 cm³/mol. The van der Waals surface area contributed by atoms with Crippen LogP contribution < -0.4 is 10.4 Å². The van der Waals surface area contributed by atoms with E-state index in [1.807, 2.05) is 19.1 Å². The van der Waals surface area contributed by atoms with Crippen LogP contribution in [-0.2, 0) is 14.9 Å². The van der Waals surface area contributed by atoms with Gasteiger partial charge in [-0.3, -0.25) is 9.35 Å². The van der Waals surface area contributed by atoms with Gasteiger partial charge in [0.05, 0.1) is 0 Å². The minimum Gasteiger partial charge on any atom is -0.507 e. The van der Waals surface area contributed by atoms with E-state index in [9.17, 15) is 22.9 Å². The van der Waals surface area contributed by atoms with Crippen molar-refractivity contribution >= 4 is 119 Å². The second-order valence-electron chi connectivity index (χ2n) is 21.1. The molecule has 0 amide bonds. The molecule has 3 unspecified atom stereocenters. The van der Waals surface area contributed by atoms with Gasteiger partial charge < -0.3 is 5.11 Å². The number of allylic oxidation sites excluding steroid dienone is 10.